The number of rotatable bonds is 9. The van der Waals surface area contributed by atoms with Crippen molar-refractivity contribution in [3.05, 3.63) is 71.8 Å². The summed E-state index contributed by atoms with van der Waals surface area (Å²) < 4.78 is 8.62. The number of nitrogens with zero attached hydrogens (tertiary/aromatic N) is 2. The molecule has 0 spiro atoms. The molecule has 3 aromatic carbocycles. The van der Waals surface area contributed by atoms with Gasteiger partial charge < -0.3 is 25.4 Å². The molecule has 36 heavy (non-hydrogen) atoms. The van der Waals surface area contributed by atoms with Gasteiger partial charge in [0.1, 0.15) is 5.75 Å². The summed E-state index contributed by atoms with van der Waals surface area (Å²) in [6.45, 7) is 3.65. The van der Waals surface area contributed by atoms with E-state index in [0.717, 1.165) is 15.9 Å². The summed E-state index contributed by atoms with van der Waals surface area (Å²) in [6, 6.07) is 20.5. The minimum atomic E-state index is -0.690. The lowest BCUT2D eigenvalue weighted by Gasteiger charge is -2.22. The van der Waals surface area contributed by atoms with Crippen LogP contribution in [-0.2, 0) is 4.79 Å². The van der Waals surface area contributed by atoms with Crippen LogP contribution in [0.1, 0.15) is 13.8 Å². The van der Waals surface area contributed by atoms with Crippen LogP contribution in [0.2, 0.25) is 5.02 Å². The lowest BCUT2D eigenvalue weighted by Crippen LogP contribution is -2.47. The van der Waals surface area contributed by atoms with Gasteiger partial charge in [0.05, 0.1) is 34.4 Å². The molecule has 10 heteroatoms. The fourth-order valence-corrected chi connectivity index (χ4v) is 4.01. The van der Waals surface area contributed by atoms with Crippen molar-refractivity contribution in [1.29, 1.82) is 0 Å². The minimum Gasteiger partial charge on any atom is -0.497 e. The van der Waals surface area contributed by atoms with E-state index in [0.29, 0.717) is 33.8 Å². The van der Waals surface area contributed by atoms with Gasteiger partial charge >= 0.3 is 0 Å². The number of halogens is 1. The average Bonchev–Trinajstić information content (AvgIpc) is 2.88. The van der Waals surface area contributed by atoms with Crippen LogP contribution < -0.4 is 25.4 Å². The fourth-order valence-electron chi connectivity index (χ4n) is 3.16. The monoisotopic (exact) mass is 522 g/mol. The molecule has 1 amide bonds. The summed E-state index contributed by atoms with van der Waals surface area (Å²) in [5.41, 5.74) is 2.14. The molecule has 1 aromatic heterocycles. The standard InChI is InChI=1S/C26H27ClN6O2S/c1-26(2,28-3)25(34)29-16-8-7-9-18(14-16)36-33-24-23(30-20-10-5-6-11-21(20)31-24)32-22-15-17(35-4)12-13-19(22)27/h5-15,28H,1-4H3,(H,29,34)(H,30,32)(H,31,33). The maximum atomic E-state index is 12.5. The van der Waals surface area contributed by atoms with Crippen molar-refractivity contribution in [3.63, 3.8) is 0 Å². The first-order valence-electron chi connectivity index (χ1n) is 11.2. The third-order valence-corrected chi connectivity index (χ3v) is 6.66. The molecule has 0 aliphatic heterocycles. The number of methoxy groups -OCH3 is 1. The molecule has 0 fully saturated rings. The zero-order chi connectivity index (χ0) is 25.7. The molecule has 0 unspecified atom stereocenters. The number of anilines is 4. The summed E-state index contributed by atoms with van der Waals surface area (Å²) in [7, 11) is 3.35. The van der Waals surface area contributed by atoms with Gasteiger partial charge in [-0.05, 0) is 75.3 Å². The quantitative estimate of drug-likeness (QED) is 0.196. The molecule has 0 radical (unpaired) electrons. The van der Waals surface area contributed by atoms with Crippen LogP contribution in [-0.4, -0.2) is 35.6 Å². The molecular weight excluding hydrogens is 496 g/mol. The maximum absolute atomic E-state index is 12.5. The highest BCUT2D eigenvalue weighted by molar-refractivity contribution is 8.00. The molecule has 0 saturated carbocycles. The largest absolute Gasteiger partial charge is 0.497 e. The van der Waals surface area contributed by atoms with Crippen LogP contribution in [0.3, 0.4) is 0 Å². The van der Waals surface area contributed by atoms with Crippen molar-refractivity contribution >= 4 is 63.5 Å². The number of para-hydroxylation sites is 2. The first-order valence-corrected chi connectivity index (χ1v) is 12.4. The number of amides is 1. The third kappa shape index (κ3) is 5.99. The minimum absolute atomic E-state index is 0.123. The molecule has 0 saturated heterocycles. The highest BCUT2D eigenvalue weighted by Crippen LogP contribution is 2.33. The number of fused-ring (bicyclic) bond motifs is 1. The summed E-state index contributed by atoms with van der Waals surface area (Å²) in [4.78, 5) is 22.9. The maximum Gasteiger partial charge on any atom is 0.244 e. The van der Waals surface area contributed by atoms with E-state index in [-0.39, 0.29) is 5.91 Å². The summed E-state index contributed by atoms with van der Waals surface area (Å²) in [5.74, 6) is 1.59. The van der Waals surface area contributed by atoms with E-state index in [2.05, 4.69) is 20.7 Å². The fraction of sp³-hybridized carbons (Fsp3) is 0.192. The Morgan fingerprint density at radius 3 is 2.39 bits per heavy atom. The van der Waals surface area contributed by atoms with Crippen molar-refractivity contribution in [2.75, 3.05) is 29.5 Å². The molecule has 0 atom stereocenters. The third-order valence-electron chi connectivity index (χ3n) is 5.55. The second-order valence-corrected chi connectivity index (χ2v) is 9.73. The highest BCUT2D eigenvalue weighted by Gasteiger charge is 2.25. The van der Waals surface area contributed by atoms with Gasteiger partial charge in [-0.15, -0.1) is 0 Å². The Kier molecular flexibility index (Phi) is 7.83. The number of benzene rings is 3. The van der Waals surface area contributed by atoms with Crippen molar-refractivity contribution in [3.8, 4) is 5.75 Å². The van der Waals surface area contributed by atoms with Gasteiger partial charge in [0, 0.05) is 16.6 Å². The Morgan fingerprint density at radius 2 is 1.69 bits per heavy atom. The van der Waals surface area contributed by atoms with Crippen molar-refractivity contribution in [1.82, 2.24) is 15.3 Å². The predicted molar refractivity (Wildman–Crippen MR) is 149 cm³/mol. The molecule has 4 aromatic rings. The Morgan fingerprint density at radius 1 is 0.972 bits per heavy atom. The lowest BCUT2D eigenvalue weighted by molar-refractivity contribution is -0.121. The van der Waals surface area contributed by atoms with E-state index in [9.17, 15) is 4.79 Å². The molecule has 0 bridgehead atoms. The van der Waals surface area contributed by atoms with Gasteiger partial charge in [-0.3, -0.25) is 4.79 Å². The van der Waals surface area contributed by atoms with Crippen LogP contribution in [0.5, 0.6) is 5.75 Å². The van der Waals surface area contributed by atoms with E-state index in [1.807, 2.05) is 62.4 Å². The second kappa shape index (κ2) is 11.0. The lowest BCUT2D eigenvalue weighted by atomic mass is 10.1. The number of ether oxygens (including phenoxy) is 1. The number of carbonyl (C=O) groups is 1. The Labute approximate surface area is 219 Å². The number of carbonyl (C=O) groups excluding carboxylic acids is 1. The van der Waals surface area contributed by atoms with Crippen molar-refractivity contribution < 1.29 is 9.53 Å². The zero-order valence-electron chi connectivity index (χ0n) is 20.3. The number of nitrogens with one attached hydrogen (secondary N) is 4. The van der Waals surface area contributed by atoms with Crippen molar-refractivity contribution in [2.45, 2.75) is 24.3 Å². The van der Waals surface area contributed by atoms with Gasteiger partial charge in [-0.1, -0.05) is 29.8 Å². The first-order chi connectivity index (χ1) is 17.3. The predicted octanol–water partition coefficient (Wildman–Crippen LogP) is 6.09. The molecule has 1 heterocycles. The summed E-state index contributed by atoms with van der Waals surface area (Å²) >= 11 is 7.77. The van der Waals surface area contributed by atoms with E-state index in [1.165, 1.54) is 11.9 Å². The zero-order valence-corrected chi connectivity index (χ0v) is 21.9. The number of aromatic nitrogens is 2. The van der Waals surface area contributed by atoms with Crippen LogP contribution in [0, 0.1) is 0 Å². The normalized spacial score (nSPS) is 11.2. The van der Waals surface area contributed by atoms with Gasteiger partial charge in [0.15, 0.2) is 11.6 Å². The van der Waals surface area contributed by atoms with E-state index in [4.69, 9.17) is 26.3 Å². The van der Waals surface area contributed by atoms with E-state index in [1.54, 1.807) is 32.4 Å². The molecule has 0 aliphatic carbocycles. The van der Waals surface area contributed by atoms with Crippen LogP contribution in [0.15, 0.2) is 71.6 Å². The summed E-state index contributed by atoms with van der Waals surface area (Å²) in [6.07, 6.45) is 0. The summed E-state index contributed by atoms with van der Waals surface area (Å²) in [5, 5.41) is 9.76. The second-order valence-electron chi connectivity index (χ2n) is 8.44. The Balaban J connectivity index is 1.59. The van der Waals surface area contributed by atoms with Crippen LogP contribution in [0.4, 0.5) is 23.0 Å². The topological polar surface area (TPSA) is 100 Å². The molecule has 4 rings (SSSR count). The molecule has 0 aliphatic rings. The molecular formula is C26H27ClN6O2S. The molecule has 8 nitrogen and oxygen atoms in total. The Bertz CT molecular complexity index is 1400. The van der Waals surface area contributed by atoms with Gasteiger partial charge in [-0.2, -0.15) is 0 Å². The molecule has 186 valence electrons. The van der Waals surface area contributed by atoms with Crippen molar-refractivity contribution in [2.24, 2.45) is 0 Å². The SMILES string of the molecule is CNC(C)(C)C(=O)Nc1cccc(SNc2nc3ccccc3nc2Nc2cc(OC)ccc2Cl)c1. The number of hydrogen-bond acceptors (Lipinski definition) is 8. The van der Waals surface area contributed by atoms with E-state index >= 15 is 0 Å². The smallest absolute Gasteiger partial charge is 0.244 e. The van der Waals surface area contributed by atoms with Gasteiger partial charge in [-0.25, -0.2) is 9.97 Å². The van der Waals surface area contributed by atoms with Gasteiger partial charge in [0.25, 0.3) is 0 Å². The number of likely N-dealkylation sites (N-methyl/N-ethyl adjacent to an activating group) is 1. The average molecular weight is 523 g/mol. The first kappa shape index (κ1) is 25.6. The Hall–Kier alpha value is -3.53. The molecule has 4 N–H and O–H groups in total. The highest BCUT2D eigenvalue weighted by atomic mass is 35.5. The van der Waals surface area contributed by atoms with Crippen LogP contribution in [0.25, 0.3) is 11.0 Å². The van der Waals surface area contributed by atoms with Crippen LogP contribution >= 0.6 is 23.5 Å². The number of hydrogen-bond donors (Lipinski definition) is 4. The van der Waals surface area contributed by atoms with E-state index < -0.39 is 5.54 Å². The van der Waals surface area contributed by atoms with Gasteiger partial charge in [0.2, 0.25) is 5.91 Å².